The maximum Gasteiger partial charge on any atom is 0.220 e. The molecule has 4 heteroatoms. The number of rotatable bonds is 6. The van der Waals surface area contributed by atoms with Crippen LogP contribution >= 0.6 is 0 Å². The summed E-state index contributed by atoms with van der Waals surface area (Å²) in [4.78, 5) is 13.7. The van der Waals surface area contributed by atoms with Crippen LogP contribution in [0.25, 0.3) is 0 Å². The first-order valence-corrected chi connectivity index (χ1v) is 7.66. The second-order valence-corrected chi connectivity index (χ2v) is 6.13. The highest BCUT2D eigenvalue weighted by Crippen LogP contribution is 2.20. The molecular formula is C17H26N2O2. The number of carbonyl (C=O) groups excluding carboxylic acids is 1. The van der Waals surface area contributed by atoms with Crippen LogP contribution in [0.3, 0.4) is 0 Å². The van der Waals surface area contributed by atoms with E-state index in [-0.39, 0.29) is 5.91 Å². The third-order valence-corrected chi connectivity index (χ3v) is 4.12. The van der Waals surface area contributed by atoms with Crippen molar-refractivity contribution in [3.8, 4) is 5.75 Å². The Balaban J connectivity index is 2.02. The van der Waals surface area contributed by atoms with E-state index in [0.29, 0.717) is 18.5 Å². The maximum absolute atomic E-state index is 11.3. The Labute approximate surface area is 127 Å². The first-order valence-electron chi connectivity index (χ1n) is 7.66. The third kappa shape index (κ3) is 4.21. The zero-order chi connectivity index (χ0) is 15.4. The van der Waals surface area contributed by atoms with Crippen molar-refractivity contribution < 1.29 is 9.53 Å². The molecule has 1 aliphatic heterocycles. The number of nitrogens with zero attached hydrogens (tertiary/aromatic N) is 1. The molecule has 116 valence electrons. The van der Waals surface area contributed by atoms with Gasteiger partial charge >= 0.3 is 0 Å². The zero-order valence-corrected chi connectivity index (χ0v) is 13.5. The molecule has 0 aromatic heterocycles. The van der Waals surface area contributed by atoms with Crippen molar-refractivity contribution in [3.63, 3.8) is 0 Å². The van der Waals surface area contributed by atoms with Crippen LogP contribution in [-0.4, -0.2) is 36.5 Å². The van der Waals surface area contributed by atoms with Crippen LogP contribution in [0.2, 0.25) is 0 Å². The van der Waals surface area contributed by atoms with E-state index in [1.54, 1.807) is 7.11 Å². The minimum atomic E-state index is 0.184. The van der Waals surface area contributed by atoms with Crippen molar-refractivity contribution in [2.45, 2.75) is 52.2 Å². The molecule has 1 unspecified atom stereocenters. The molecule has 21 heavy (non-hydrogen) atoms. The van der Waals surface area contributed by atoms with E-state index in [4.69, 9.17) is 4.74 Å². The molecule has 0 spiro atoms. The number of nitrogens with one attached hydrogen (secondary N) is 1. The number of methoxy groups -OCH3 is 1. The normalized spacial score (nSPS) is 18.4. The van der Waals surface area contributed by atoms with E-state index in [0.717, 1.165) is 30.8 Å². The summed E-state index contributed by atoms with van der Waals surface area (Å²) in [6.45, 7) is 8.28. The van der Waals surface area contributed by atoms with Crippen molar-refractivity contribution in [1.82, 2.24) is 10.2 Å². The first kappa shape index (κ1) is 15.8. The fourth-order valence-electron chi connectivity index (χ4n) is 2.83. The van der Waals surface area contributed by atoms with Crippen molar-refractivity contribution >= 4 is 5.91 Å². The summed E-state index contributed by atoms with van der Waals surface area (Å²) in [7, 11) is 1.70. The highest BCUT2D eigenvalue weighted by Gasteiger charge is 2.24. The smallest absolute Gasteiger partial charge is 0.220 e. The Hall–Kier alpha value is -1.55. The Morgan fingerprint density at radius 2 is 2.19 bits per heavy atom. The second-order valence-electron chi connectivity index (χ2n) is 6.13. The number of carbonyl (C=O) groups is 1. The summed E-state index contributed by atoms with van der Waals surface area (Å²) in [5.41, 5.74) is 2.44. The molecule has 1 fully saturated rings. The number of amides is 1. The molecule has 0 saturated carbocycles. The van der Waals surface area contributed by atoms with Gasteiger partial charge in [-0.1, -0.05) is 12.1 Å². The summed E-state index contributed by atoms with van der Waals surface area (Å²) in [6, 6.07) is 7.07. The van der Waals surface area contributed by atoms with E-state index in [9.17, 15) is 4.79 Å². The molecule has 0 radical (unpaired) electrons. The Kier molecular flexibility index (Phi) is 5.23. The Morgan fingerprint density at radius 3 is 2.71 bits per heavy atom. The molecule has 4 nitrogen and oxygen atoms in total. The molecule has 1 atom stereocenters. The summed E-state index contributed by atoms with van der Waals surface area (Å²) in [6.07, 6.45) is 1.61. The van der Waals surface area contributed by atoms with Gasteiger partial charge in [-0.3, -0.25) is 9.69 Å². The van der Waals surface area contributed by atoms with Crippen LogP contribution in [0, 0.1) is 6.92 Å². The standard InChI is InChI=1S/C17H26N2O2/c1-12(2)19(11-15-6-8-17(20)18-15)10-14-5-7-16(21-4)13(3)9-14/h5,7,9,12,15H,6,8,10-11H2,1-4H3,(H,18,20). The summed E-state index contributed by atoms with van der Waals surface area (Å²) in [5, 5.41) is 3.05. The average molecular weight is 290 g/mol. The van der Waals surface area contributed by atoms with Gasteiger partial charge in [0.2, 0.25) is 5.91 Å². The lowest BCUT2D eigenvalue weighted by Crippen LogP contribution is -2.41. The van der Waals surface area contributed by atoms with Gasteiger partial charge in [0.15, 0.2) is 0 Å². The number of benzene rings is 1. The molecule has 1 heterocycles. The summed E-state index contributed by atoms with van der Waals surface area (Å²) < 4.78 is 5.31. The SMILES string of the molecule is COc1ccc(CN(CC2CCC(=O)N2)C(C)C)cc1C. The largest absolute Gasteiger partial charge is 0.496 e. The Bertz CT molecular complexity index is 500. The molecular weight excluding hydrogens is 264 g/mol. The van der Waals surface area contributed by atoms with E-state index in [1.165, 1.54) is 5.56 Å². The predicted molar refractivity (Wildman–Crippen MR) is 84.4 cm³/mol. The topological polar surface area (TPSA) is 41.6 Å². The molecule has 1 aliphatic rings. The summed E-state index contributed by atoms with van der Waals surface area (Å²) in [5.74, 6) is 1.11. The van der Waals surface area contributed by atoms with Crippen molar-refractivity contribution in [1.29, 1.82) is 0 Å². The van der Waals surface area contributed by atoms with E-state index >= 15 is 0 Å². The lowest BCUT2D eigenvalue weighted by Gasteiger charge is -2.29. The van der Waals surface area contributed by atoms with Gasteiger partial charge in [0.05, 0.1) is 7.11 Å². The lowest BCUT2D eigenvalue weighted by atomic mass is 10.1. The lowest BCUT2D eigenvalue weighted by molar-refractivity contribution is -0.119. The molecule has 0 bridgehead atoms. The first-order chi connectivity index (χ1) is 9.99. The zero-order valence-electron chi connectivity index (χ0n) is 13.5. The van der Waals surface area contributed by atoms with Gasteiger partial charge in [0.25, 0.3) is 0 Å². The maximum atomic E-state index is 11.3. The van der Waals surface area contributed by atoms with Gasteiger partial charge in [0, 0.05) is 31.6 Å². The summed E-state index contributed by atoms with van der Waals surface area (Å²) >= 11 is 0. The van der Waals surface area contributed by atoms with Crippen LogP contribution in [0.5, 0.6) is 5.75 Å². The number of aryl methyl sites for hydroxylation is 1. The van der Waals surface area contributed by atoms with Gasteiger partial charge in [-0.05, 0) is 44.4 Å². The average Bonchev–Trinajstić information content (AvgIpc) is 2.83. The van der Waals surface area contributed by atoms with E-state index in [2.05, 4.69) is 43.1 Å². The third-order valence-electron chi connectivity index (χ3n) is 4.12. The van der Waals surface area contributed by atoms with Crippen molar-refractivity contribution in [2.24, 2.45) is 0 Å². The van der Waals surface area contributed by atoms with Crippen LogP contribution < -0.4 is 10.1 Å². The van der Waals surface area contributed by atoms with E-state index < -0.39 is 0 Å². The minimum Gasteiger partial charge on any atom is -0.496 e. The number of hydrogen-bond acceptors (Lipinski definition) is 3. The predicted octanol–water partition coefficient (Wildman–Crippen LogP) is 2.49. The van der Waals surface area contributed by atoms with E-state index in [1.807, 2.05) is 6.07 Å². The van der Waals surface area contributed by atoms with Crippen molar-refractivity contribution in [2.75, 3.05) is 13.7 Å². The highest BCUT2D eigenvalue weighted by atomic mass is 16.5. The second kappa shape index (κ2) is 6.94. The van der Waals surface area contributed by atoms with Gasteiger partial charge in [-0.15, -0.1) is 0 Å². The molecule has 1 N–H and O–H groups in total. The van der Waals surface area contributed by atoms with Gasteiger partial charge in [0.1, 0.15) is 5.75 Å². The monoisotopic (exact) mass is 290 g/mol. The molecule has 2 rings (SSSR count). The van der Waals surface area contributed by atoms with Crippen LogP contribution in [0.1, 0.15) is 37.8 Å². The van der Waals surface area contributed by atoms with Gasteiger partial charge in [-0.2, -0.15) is 0 Å². The highest BCUT2D eigenvalue weighted by molar-refractivity contribution is 5.78. The Morgan fingerprint density at radius 1 is 1.43 bits per heavy atom. The van der Waals surface area contributed by atoms with Gasteiger partial charge in [-0.25, -0.2) is 0 Å². The fraction of sp³-hybridized carbons (Fsp3) is 0.588. The molecule has 0 aliphatic carbocycles. The van der Waals surface area contributed by atoms with Crippen LogP contribution in [-0.2, 0) is 11.3 Å². The number of ether oxygens (including phenoxy) is 1. The molecule has 1 amide bonds. The van der Waals surface area contributed by atoms with Crippen LogP contribution in [0.15, 0.2) is 18.2 Å². The minimum absolute atomic E-state index is 0.184. The molecule has 1 aromatic carbocycles. The number of hydrogen-bond donors (Lipinski definition) is 1. The van der Waals surface area contributed by atoms with Crippen molar-refractivity contribution in [3.05, 3.63) is 29.3 Å². The van der Waals surface area contributed by atoms with Crippen LogP contribution in [0.4, 0.5) is 0 Å². The fourth-order valence-corrected chi connectivity index (χ4v) is 2.83. The molecule has 1 aromatic rings. The van der Waals surface area contributed by atoms with Gasteiger partial charge < -0.3 is 10.1 Å². The quantitative estimate of drug-likeness (QED) is 0.875. The molecule has 1 saturated heterocycles.